The van der Waals surface area contributed by atoms with Crippen molar-refractivity contribution in [1.29, 1.82) is 5.26 Å². The number of anilines is 2. The Morgan fingerprint density at radius 2 is 1.93 bits per heavy atom. The predicted octanol–water partition coefficient (Wildman–Crippen LogP) is 3.69. The maximum Gasteiger partial charge on any atom is 0.416 e. The number of ether oxygens (including phenoxy) is 2. The Kier molecular flexibility index (Phi) is 8.77. The van der Waals surface area contributed by atoms with Gasteiger partial charge in [-0.1, -0.05) is 12.1 Å². The van der Waals surface area contributed by atoms with Crippen molar-refractivity contribution in [1.82, 2.24) is 19.7 Å². The molecular weight excluding hydrogens is 569 g/mol. The van der Waals surface area contributed by atoms with Gasteiger partial charge in [-0.3, -0.25) is 14.6 Å². The van der Waals surface area contributed by atoms with Crippen molar-refractivity contribution in [3.05, 3.63) is 86.5 Å². The average Bonchev–Trinajstić information content (AvgIpc) is 3.34. The monoisotopic (exact) mass is 598 g/mol. The van der Waals surface area contributed by atoms with Crippen LogP contribution in [0.4, 0.5) is 24.8 Å². The number of carbonyl (C=O) groups excluding carboxylic acids is 2. The average molecular weight is 599 g/mol. The molecule has 0 radical (unpaired) electrons. The number of likely N-dealkylation sites (N-methyl/N-ethyl adjacent to an activating group) is 1. The maximum atomic E-state index is 13.6. The standard InChI is InChI=1S/C29H29F3N6O5/c1-6-43-25(39)22(36(3)4)13-18-12-17(15-33)10-11-21(18)24-23(26(40)42-5)16(2)37(27-34-35-28(41)38(24)27)20-9-7-8-19(14-20)29(30,31)32/h7-12,14,22,24H,6,13H2,1-5H3,(H,35,41)/t22?,24-/m1/s1. The molecule has 0 bridgehead atoms. The maximum absolute atomic E-state index is 13.6. The zero-order valence-electron chi connectivity index (χ0n) is 24.0. The van der Waals surface area contributed by atoms with Gasteiger partial charge in [-0.2, -0.15) is 18.4 Å². The van der Waals surface area contributed by atoms with Crippen LogP contribution < -0.4 is 10.6 Å². The minimum absolute atomic E-state index is 0.00228. The number of hydrogen-bond acceptors (Lipinski definition) is 9. The molecule has 2 atom stereocenters. The van der Waals surface area contributed by atoms with Gasteiger partial charge in [0.05, 0.1) is 36.5 Å². The summed E-state index contributed by atoms with van der Waals surface area (Å²) in [4.78, 5) is 42.5. The number of fused-ring (bicyclic) bond motifs is 1. The summed E-state index contributed by atoms with van der Waals surface area (Å²) in [7, 11) is 4.52. The number of aromatic amines is 1. The van der Waals surface area contributed by atoms with Crippen molar-refractivity contribution in [2.75, 3.05) is 32.7 Å². The zero-order valence-corrected chi connectivity index (χ0v) is 24.0. The highest BCUT2D eigenvalue weighted by atomic mass is 19.4. The van der Waals surface area contributed by atoms with Crippen LogP contribution in [0, 0.1) is 11.3 Å². The third-order valence-corrected chi connectivity index (χ3v) is 7.14. The second kappa shape index (κ2) is 12.1. The van der Waals surface area contributed by atoms with Crippen LogP contribution >= 0.6 is 0 Å². The minimum Gasteiger partial charge on any atom is -0.466 e. The van der Waals surface area contributed by atoms with Gasteiger partial charge in [-0.25, -0.2) is 19.3 Å². The number of nitriles is 1. The molecule has 0 amide bonds. The van der Waals surface area contributed by atoms with Gasteiger partial charge >= 0.3 is 23.8 Å². The molecule has 1 aliphatic heterocycles. The molecule has 1 aliphatic rings. The first-order valence-corrected chi connectivity index (χ1v) is 13.1. The third-order valence-electron chi connectivity index (χ3n) is 7.14. The number of benzene rings is 2. The molecule has 1 aromatic heterocycles. The number of esters is 2. The van der Waals surface area contributed by atoms with E-state index in [2.05, 4.69) is 16.3 Å². The Morgan fingerprint density at radius 1 is 1.21 bits per heavy atom. The molecule has 3 aromatic rings. The fraction of sp³-hybridized carbons (Fsp3) is 0.345. The lowest BCUT2D eigenvalue weighted by Crippen LogP contribution is -2.40. The number of rotatable bonds is 8. The Bertz CT molecular complexity index is 1680. The van der Waals surface area contributed by atoms with Crippen LogP contribution in [-0.4, -0.2) is 65.5 Å². The van der Waals surface area contributed by atoms with Crippen molar-refractivity contribution in [2.24, 2.45) is 0 Å². The van der Waals surface area contributed by atoms with E-state index in [9.17, 15) is 32.8 Å². The molecule has 1 unspecified atom stereocenters. The first kappa shape index (κ1) is 31.0. The lowest BCUT2D eigenvalue weighted by atomic mass is 9.87. The van der Waals surface area contributed by atoms with E-state index in [1.165, 1.54) is 30.0 Å². The molecule has 0 fully saturated rings. The molecular formula is C29H29F3N6O5. The number of allylic oxidation sites excluding steroid dienone is 1. The minimum atomic E-state index is -4.65. The molecule has 43 heavy (non-hydrogen) atoms. The second-order valence-corrected chi connectivity index (χ2v) is 9.94. The number of methoxy groups -OCH3 is 1. The Hall–Kier alpha value is -4.90. The van der Waals surface area contributed by atoms with Crippen molar-refractivity contribution in [2.45, 2.75) is 38.5 Å². The first-order chi connectivity index (χ1) is 20.3. The van der Waals surface area contributed by atoms with Crippen LogP contribution in [0.2, 0.25) is 0 Å². The first-order valence-electron chi connectivity index (χ1n) is 13.1. The zero-order chi connectivity index (χ0) is 31.6. The molecule has 1 N–H and O–H groups in total. The van der Waals surface area contributed by atoms with Gasteiger partial charge in [0.15, 0.2) is 0 Å². The normalized spacial score (nSPS) is 15.6. The van der Waals surface area contributed by atoms with E-state index < -0.39 is 41.5 Å². The highest BCUT2D eigenvalue weighted by Crippen LogP contribution is 2.43. The van der Waals surface area contributed by atoms with Crippen LogP contribution in [0.3, 0.4) is 0 Å². The fourth-order valence-corrected chi connectivity index (χ4v) is 5.12. The van der Waals surface area contributed by atoms with Crippen molar-refractivity contribution in [3.8, 4) is 6.07 Å². The van der Waals surface area contributed by atoms with Crippen LogP contribution in [0.15, 0.2) is 58.5 Å². The molecule has 2 heterocycles. The summed E-state index contributed by atoms with van der Waals surface area (Å²) in [6.07, 6.45) is -4.61. The van der Waals surface area contributed by atoms with E-state index in [1.54, 1.807) is 38.1 Å². The SMILES string of the molecule is CCOC(=O)C(Cc1cc(C#N)ccc1[C@@H]1C(C(=O)OC)=C(C)N(c2cccc(C(F)(F)F)c2)c2n[nH]c(=O)n21)N(C)C. The highest BCUT2D eigenvalue weighted by Gasteiger charge is 2.41. The number of alkyl halides is 3. The molecule has 4 rings (SSSR count). The van der Waals surface area contributed by atoms with Crippen LogP contribution in [0.1, 0.15) is 42.1 Å². The van der Waals surface area contributed by atoms with Gasteiger partial charge in [0.2, 0.25) is 5.95 Å². The summed E-state index contributed by atoms with van der Waals surface area (Å²) < 4.78 is 52.3. The summed E-state index contributed by atoms with van der Waals surface area (Å²) in [5.41, 5.74) is -0.487. The quantitative estimate of drug-likeness (QED) is 0.386. The molecule has 0 saturated carbocycles. The summed E-state index contributed by atoms with van der Waals surface area (Å²) in [6.45, 7) is 3.32. The number of aromatic nitrogens is 3. The molecule has 226 valence electrons. The van der Waals surface area contributed by atoms with Gasteiger partial charge in [0, 0.05) is 11.4 Å². The smallest absolute Gasteiger partial charge is 0.416 e. The highest BCUT2D eigenvalue weighted by molar-refractivity contribution is 5.93. The van der Waals surface area contributed by atoms with Gasteiger partial charge < -0.3 is 9.47 Å². The Balaban J connectivity index is 2.00. The van der Waals surface area contributed by atoms with Crippen molar-refractivity contribution < 1.29 is 32.2 Å². The fourth-order valence-electron chi connectivity index (χ4n) is 5.12. The van der Waals surface area contributed by atoms with Gasteiger partial charge in [-0.15, -0.1) is 5.10 Å². The molecule has 0 spiro atoms. The number of carbonyl (C=O) groups is 2. The van der Waals surface area contributed by atoms with Crippen molar-refractivity contribution in [3.63, 3.8) is 0 Å². The van der Waals surface area contributed by atoms with E-state index in [1.807, 2.05) is 0 Å². The predicted molar refractivity (Wildman–Crippen MR) is 148 cm³/mol. The molecule has 11 nitrogen and oxygen atoms in total. The Labute approximate surface area is 244 Å². The summed E-state index contributed by atoms with van der Waals surface area (Å²) >= 11 is 0. The summed E-state index contributed by atoms with van der Waals surface area (Å²) in [5.74, 6) is -1.44. The molecule has 0 aliphatic carbocycles. The summed E-state index contributed by atoms with van der Waals surface area (Å²) in [6, 6.07) is 9.11. The van der Waals surface area contributed by atoms with E-state index in [4.69, 9.17) is 9.47 Å². The molecule has 14 heteroatoms. The second-order valence-electron chi connectivity index (χ2n) is 9.94. The third kappa shape index (κ3) is 5.89. The number of hydrogen-bond donors (Lipinski definition) is 1. The topological polar surface area (TPSA) is 134 Å². The van der Waals surface area contributed by atoms with Gasteiger partial charge in [-0.05, 0) is 75.8 Å². The molecule has 2 aromatic carbocycles. The van der Waals surface area contributed by atoms with Gasteiger partial charge in [0.25, 0.3) is 0 Å². The van der Waals surface area contributed by atoms with Crippen LogP contribution in [-0.2, 0) is 31.7 Å². The number of nitrogens with zero attached hydrogens (tertiary/aromatic N) is 5. The van der Waals surface area contributed by atoms with Crippen molar-refractivity contribution >= 4 is 23.6 Å². The van der Waals surface area contributed by atoms with E-state index >= 15 is 0 Å². The Morgan fingerprint density at radius 3 is 2.53 bits per heavy atom. The number of nitrogens with one attached hydrogen (secondary N) is 1. The number of H-pyrrole nitrogens is 1. The van der Waals surface area contributed by atoms with Crippen LogP contribution in [0.25, 0.3) is 0 Å². The van der Waals surface area contributed by atoms with E-state index in [0.29, 0.717) is 11.1 Å². The molecule has 0 saturated heterocycles. The largest absolute Gasteiger partial charge is 0.466 e. The lowest BCUT2D eigenvalue weighted by Gasteiger charge is -2.36. The number of halogens is 3. The van der Waals surface area contributed by atoms with E-state index in [-0.39, 0.29) is 41.5 Å². The summed E-state index contributed by atoms with van der Waals surface area (Å²) in [5, 5.41) is 16.1. The van der Waals surface area contributed by atoms with Gasteiger partial charge in [0.1, 0.15) is 12.1 Å². The lowest BCUT2D eigenvalue weighted by molar-refractivity contribution is -0.148. The van der Waals surface area contributed by atoms with E-state index in [0.717, 1.165) is 23.8 Å². The van der Waals surface area contributed by atoms with Crippen LogP contribution in [0.5, 0.6) is 0 Å².